The molecule has 0 bridgehead atoms. The molecule has 2 aromatic rings. The third-order valence-corrected chi connectivity index (χ3v) is 4.58. The molecule has 0 saturated heterocycles. The number of ether oxygens (including phenoxy) is 1. The lowest BCUT2D eigenvalue weighted by Gasteiger charge is -2.11. The summed E-state index contributed by atoms with van der Waals surface area (Å²) in [6, 6.07) is 8.54. The number of halogens is 1. The van der Waals surface area contributed by atoms with E-state index in [9.17, 15) is 17.6 Å². The van der Waals surface area contributed by atoms with Crippen LogP contribution in [-0.2, 0) is 10.0 Å². The molecule has 0 spiro atoms. The molecule has 0 atom stereocenters. The van der Waals surface area contributed by atoms with Crippen molar-refractivity contribution < 1.29 is 22.3 Å². The van der Waals surface area contributed by atoms with Crippen molar-refractivity contribution in [2.24, 2.45) is 0 Å². The molecule has 0 aliphatic carbocycles. The molecule has 0 aliphatic heterocycles. The fraction of sp³-hybridized carbons (Fsp3) is 0.235. The number of rotatable bonds is 6. The van der Waals surface area contributed by atoms with Crippen LogP contribution < -0.4 is 15.0 Å². The largest absolute Gasteiger partial charge is 0.494 e. The Morgan fingerprint density at radius 3 is 2.48 bits per heavy atom. The molecule has 0 heterocycles. The van der Waals surface area contributed by atoms with Gasteiger partial charge in [-0.15, -0.1) is 4.83 Å². The van der Waals surface area contributed by atoms with Crippen LogP contribution in [-0.4, -0.2) is 20.9 Å². The molecule has 6 nitrogen and oxygen atoms in total. The summed E-state index contributed by atoms with van der Waals surface area (Å²) in [5.74, 6) is -1.07. The number of amides is 1. The lowest BCUT2D eigenvalue weighted by molar-refractivity contribution is 0.0944. The minimum atomic E-state index is -4.23. The quantitative estimate of drug-likeness (QED) is 0.769. The van der Waals surface area contributed by atoms with Gasteiger partial charge in [-0.1, -0.05) is 6.07 Å². The van der Waals surface area contributed by atoms with Crippen molar-refractivity contribution >= 4 is 15.9 Å². The molecule has 8 heteroatoms. The van der Waals surface area contributed by atoms with Gasteiger partial charge in [0.05, 0.1) is 6.61 Å². The van der Waals surface area contributed by atoms with Crippen LogP contribution >= 0.6 is 0 Å². The third kappa shape index (κ3) is 4.77. The second-order valence-electron chi connectivity index (χ2n) is 5.46. The second-order valence-corrected chi connectivity index (χ2v) is 7.11. The summed E-state index contributed by atoms with van der Waals surface area (Å²) < 4.78 is 43.5. The summed E-state index contributed by atoms with van der Waals surface area (Å²) in [7, 11) is -4.23. The van der Waals surface area contributed by atoms with E-state index in [1.807, 2.05) is 11.8 Å². The van der Waals surface area contributed by atoms with Crippen LogP contribution in [0.3, 0.4) is 0 Å². The number of benzene rings is 2. The highest BCUT2D eigenvalue weighted by Gasteiger charge is 2.20. The average Bonchev–Trinajstić information content (AvgIpc) is 2.52. The van der Waals surface area contributed by atoms with E-state index in [-0.39, 0.29) is 5.56 Å². The zero-order valence-corrected chi connectivity index (χ0v) is 14.9. The standard InChI is InChI=1S/C17H19FN2O4S/c1-4-24-14-8-12(3)7-13(10-14)17(21)19-20-25(22,23)16-6-5-11(2)9-15(16)18/h5-10,20H,4H2,1-3H3,(H,19,21). The van der Waals surface area contributed by atoms with Crippen LogP contribution in [0.15, 0.2) is 41.3 Å². The number of carbonyl (C=O) groups is 1. The molecule has 2 aromatic carbocycles. The highest BCUT2D eigenvalue weighted by molar-refractivity contribution is 7.89. The van der Waals surface area contributed by atoms with Gasteiger partial charge < -0.3 is 4.74 Å². The maximum atomic E-state index is 13.8. The Labute approximate surface area is 146 Å². The molecule has 0 unspecified atom stereocenters. The predicted molar refractivity (Wildman–Crippen MR) is 91.3 cm³/mol. The van der Waals surface area contributed by atoms with Crippen molar-refractivity contribution in [3.05, 3.63) is 58.9 Å². The van der Waals surface area contributed by atoms with Gasteiger partial charge in [-0.05, 0) is 62.2 Å². The number of hydrogen-bond donors (Lipinski definition) is 2. The number of sulfonamides is 1. The minimum absolute atomic E-state index is 0.218. The first kappa shape index (κ1) is 18.9. The lowest BCUT2D eigenvalue weighted by Crippen LogP contribution is -2.41. The van der Waals surface area contributed by atoms with Crippen molar-refractivity contribution in [1.82, 2.24) is 10.3 Å². The monoisotopic (exact) mass is 366 g/mol. The number of carbonyl (C=O) groups excluding carboxylic acids is 1. The Balaban J connectivity index is 2.16. The predicted octanol–water partition coefficient (Wildman–Crippen LogP) is 2.46. The summed E-state index contributed by atoms with van der Waals surface area (Å²) in [5, 5.41) is 0. The summed E-state index contributed by atoms with van der Waals surface area (Å²) in [5.41, 5.74) is 3.66. The summed E-state index contributed by atoms with van der Waals surface area (Å²) in [6.07, 6.45) is 0. The van der Waals surface area contributed by atoms with Crippen LogP contribution in [0.25, 0.3) is 0 Å². The van der Waals surface area contributed by atoms with Crippen molar-refractivity contribution in [1.29, 1.82) is 0 Å². The van der Waals surface area contributed by atoms with E-state index in [0.29, 0.717) is 17.9 Å². The smallest absolute Gasteiger partial charge is 0.266 e. The van der Waals surface area contributed by atoms with E-state index in [4.69, 9.17) is 4.74 Å². The van der Waals surface area contributed by atoms with Gasteiger partial charge in [0.15, 0.2) is 0 Å². The fourth-order valence-electron chi connectivity index (χ4n) is 2.19. The van der Waals surface area contributed by atoms with Crippen LogP contribution in [0.2, 0.25) is 0 Å². The topological polar surface area (TPSA) is 84.5 Å². The fourth-order valence-corrected chi connectivity index (χ4v) is 3.09. The van der Waals surface area contributed by atoms with Gasteiger partial charge >= 0.3 is 0 Å². The number of hydrogen-bond acceptors (Lipinski definition) is 4. The maximum absolute atomic E-state index is 13.8. The molecule has 0 aromatic heterocycles. The molecule has 2 N–H and O–H groups in total. The van der Waals surface area contributed by atoms with Crippen molar-refractivity contribution in [2.45, 2.75) is 25.7 Å². The van der Waals surface area contributed by atoms with Gasteiger partial charge in [-0.3, -0.25) is 10.2 Å². The SMILES string of the molecule is CCOc1cc(C)cc(C(=O)NNS(=O)(=O)c2ccc(C)cc2F)c1. The number of hydrazine groups is 1. The normalized spacial score (nSPS) is 11.2. The number of aryl methyl sites for hydroxylation is 2. The minimum Gasteiger partial charge on any atom is -0.494 e. The van der Waals surface area contributed by atoms with Gasteiger partial charge in [0.2, 0.25) is 0 Å². The molecule has 134 valence electrons. The molecule has 0 aliphatic rings. The van der Waals surface area contributed by atoms with Crippen LogP contribution in [0.5, 0.6) is 5.75 Å². The Hall–Kier alpha value is -2.45. The Morgan fingerprint density at radius 2 is 1.84 bits per heavy atom. The highest BCUT2D eigenvalue weighted by atomic mass is 32.2. The molecule has 1 amide bonds. The van der Waals surface area contributed by atoms with E-state index in [1.54, 1.807) is 26.0 Å². The zero-order valence-electron chi connectivity index (χ0n) is 14.1. The zero-order chi connectivity index (χ0) is 18.6. The summed E-state index contributed by atoms with van der Waals surface area (Å²) in [6.45, 7) is 5.67. The van der Waals surface area contributed by atoms with E-state index < -0.39 is 26.6 Å². The van der Waals surface area contributed by atoms with Crippen molar-refractivity contribution in [2.75, 3.05) is 6.61 Å². The van der Waals surface area contributed by atoms with E-state index in [0.717, 1.165) is 17.7 Å². The Kier molecular flexibility index (Phi) is 5.76. The Morgan fingerprint density at radius 1 is 1.12 bits per heavy atom. The molecule has 2 rings (SSSR count). The van der Waals surface area contributed by atoms with Gasteiger partial charge in [0.25, 0.3) is 15.9 Å². The van der Waals surface area contributed by atoms with Gasteiger partial charge in [0.1, 0.15) is 16.5 Å². The third-order valence-electron chi connectivity index (χ3n) is 3.30. The Bertz CT molecular complexity index is 898. The molecular weight excluding hydrogens is 347 g/mol. The van der Waals surface area contributed by atoms with Crippen LogP contribution in [0.4, 0.5) is 4.39 Å². The lowest BCUT2D eigenvalue weighted by atomic mass is 10.1. The molecule has 0 radical (unpaired) electrons. The molecular formula is C17H19FN2O4S. The summed E-state index contributed by atoms with van der Waals surface area (Å²) >= 11 is 0. The van der Waals surface area contributed by atoms with Gasteiger partial charge in [-0.25, -0.2) is 12.8 Å². The maximum Gasteiger partial charge on any atom is 0.266 e. The van der Waals surface area contributed by atoms with Gasteiger partial charge in [-0.2, -0.15) is 0 Å². The first-order chi connectivity index (χ1) is 11.7. The van der Waals surface area contributed by atoms with E-state index >= 15 is 0 Å². The molecule has 0 fully saturated rings. The van der Waals surface area contributed by atoms with Gasteiger partial charge in [0, 0.05) is 5.56 Å². The second kappa shape index (κ2) is 7.62. The number of nitrogens with one attached hydrogen (secondary N) is 2. The van der Waals surface area contributed by atoms with Crippen LogP contribution in [0.1, 0.15) is 28.4 Å². The average molecular weight is 366 g/mol. The summed E-state index contributed by atoms with van der Waals surface area (Å²) in [4.78, 5) is 13.5. The molecule has 25 heavy (non-hydrogen) atoms. The van der Waals surface area contributed by atoms with E-state index in [2.05, 4.69) is 5.43 Å². The molecule has 0 saturated carbocycles. The van der Waals surface area contributed by atoms with Crippen LogP contribution in [0, 0.1) is 19.7 Å². The highest BCUT2D eigenvalue weighted by Crippen LogP contribution is 2.17. The van der Waals surface area contributed by atoms with E-state index in [1.165, 1.54) is 12.1 Å². The first-order valence-corrected chi connectivity index (χ1v) is 9.04. The van der Waals surface area contributed by atoms with Crippen molar-refractivity contribution in [3.8, 4) is 5.75 Å². The van der Waals surface area contributed by atoms with Crippen molar-refractivity contribution in [3.63, 3.8) is 0 Å². The first-order valence-electron chi connectivity index (χ1n) is 7.55.